The smallest absolute Gasteiger partial charge is 0.278 e. The molecule has 2 amide bonds. The molecule has 0 bridgehead atoms. The largest absolute Gasteiger partial charge is 0.497 e. The molecule has 6 nitrogen and oxygen atoms in total. The van der Waals surface area contributed by atoms with Crippen LogP contribution in [0.4, 0.5) is 5.69 Å². The molecule has 1 aliphatic heterocycles. The van der Waals surface area contributed by atoms with Gasteiger partial charge in [0.05, 0.1) is 26.3 Å². The van der Waals surface area contributed by atoms with Gasteiger partial charge in [0.15, 0.2) is 0 Å². The molecular weight excluding hydrogens is 392 g/mol. The van der Waals surface area contributed by atoms with E-state index in [4.69, 9.17) is 9.47 Å². The van der Waals surface area contributed by atoms with Gasteiger partial charge in [0, 0.05) is 5.69 Å². The van der Waals surface area contributed by atoms with Crippen molar-refractivity contribution >= 4 is 23.1 Å². The van der Waals surface area contributed by atoms with Gasteiger partial charge in [-0.1, -0.05) is 42.5 Å². The molecule has 0 spiro atoms. The minimum atomic E-state index is -0.365. The van der Waals surface area contributed by atoms with Gasteiger partial charge < -0.3 is 14.8 Å². The number of anilines is 1. The Labute approximate surface area is 180 Å². The molecule has 4 rings (SSSR count). The number of ether oxygens (including phenoxy) is 2. The molecule has 1 heterocycles. The van der Waals surface area contributed by atoms with Crippen LogP contribution >= 0.6 is 0 Å². The summed E-state index contributed by atoms with van der Waals surface area (Å²) in [5.74, 6) is 0.673. The third-order valence-corrected chi connectivity index (χ3v) is 5.09. The zero-order valence-electron chi connectivity index (χ0n) is 17.3. The maximum absolute atomic E-state index is 13.3. The normalized spacial score (nSPS) is 13.5. The Morgan fingerprint density at radius 3 is 1.90 bits per heavy atom. The van der Waals surface area contributed by atoms with E-state index in [2.05, 4.69) is 5.32 Å². The van der Waals surface area contributed by atoms with Crippen molar-refractivity contribution < 1.29 is 19.1 Å². The number of nitrogens with zero attached hydrogens (tertiary/aromatic N) is 1. The first kappa shape index (κ1) is 20.2. The van der Waals surface area contributed by atoms with E-state index in [0.717, 1.165) is 5.56 Å². The Morgan fingerprint density at radius 2 is 1.32 bits per heavy atom. The van der Waals surface area contributed by atoms with Crippen LogP contribution in [0.5, 0.6) is 11.5 Å². The predicted molar refractivity (Wildman–Crippen MR) is 119 cm³/mol. The summed E-state index contributed by atoms with van der Waals surface area (Å²) < 4.78 is 10.4. The molecule has 0 fully saturated rings. The van der Waals surface area contributed by atoms with Gasteiger partial charge in [-0.2, -0.15) is 0 Å². The maximum atomic E-state index is 13.3. The molecule has 0 aliphatic carbocycles. The number of carbonyl (C=O) groups is 2. The molecule has 1 N–H and O–H groups in total. The van der Waals surface area contributed by atoms with E-state index in [1.165, 1.54) is 4.90 Å². The second-order valence-corrected chi connectivity index (χ2v) is 7.01. The number of carbonyl (C=O) groups excluding carboxylic acids is 2. The molecule has 0 aromatic heterocycles. The molecule has 3 aromatic rings. The van der Waals surface area contributed by atoms with Crippen LogP contribution in [-0.2, 0) is 16.1 Å². The lowest BCUT2D eigenvalue weighted by atomic mass is 10.0. The standard InChI is InChI=1S/C25H22N2O4/c1-30-20-12-8-18(9-13-20)22-23(26-19-10-14-21(31-2)15-11-19)25(29)27(24(22)28)16-17-6-4-3-5-7-17/h3-15,26H,16H2,1-2H3. The highest BCUT2D eigenvalue weighted by molar-refractivity contribution is 6.36. The number of hydrogen-bond acceptors (Lipinski definition) is 5. The Hall–Kier alpha value is -4.06. The molecule has 0 unspecified atom stereocenters. The van der Waals surface area contributed by atoms with Gasteiger partial charge in [0.25, 0.3) is 11.8 Å². The lowest BCUT2D eigenvalue weighted by Crippen LogP contribution is -2.31. The Balaban J connectivity index is 1.72. The van der Waals surface area contributed by atoms with Gasteiger partial charge in [-0.15, -0.1) is 0 Å². The van der Waals surface area contributed by atoms with E-state index in [0.29, 0.717) is 28.3 Å². The minimum absolute atomic E-state index is 0.200. The number of nitrogens with one attached hydrogen (secondary N) is 1. The van der Waals surface area contributed by atoms with Crippen LogP contribution in [0.2, 0.25) is 0 Å². The quantitative estimate of drug-likeness (QED) is 0.590. The van der Waals surface area contributed by atoms with Crippen LogP contribution in [-0.4, -0.2) is 30.9 Å². The topological polar surface area (TPSA) is 67.9 Å². The molecule has 1 aliphatic rings. The lowest BCUT2D eigenvalue weighted by Gasteiger charge is -2.15. The molecule has 0 saturated heterocycles. The number of amides is 2. The minimum Gasteiger partial charge on any atom is -0.497 e. The fraction of sp³-hybridized carbons (Fsp3) is 0.120. The second kappa shape index (κ2) is 8.75. The molecular formula is C25H22N2O4. The van der Waals surface area contributed by atoms with Crippen LogP contribution in [0.15, 0.2) is 84.6 Å². The molecule has 3 aromatic carbocycles. The summed E-state index contributed by atoms with van der Waals surface area (Å²) in [5.41, 5.74) is 2.79. The Kier molecular flexibility index (Phi) is 5.71. The van der Waals surface area contributed by atoms with Gasteiger partial charge in [-0.25, -0.2) is 0 Å². The molecule has 156 valence electrons. The van der Waals surface area contributed by atoms with E-state index in [-0.39, 0.29) is 24.1 Å². The van der Waals surface area contributed by atoms with E-state index < -0.39 is 0 Å². The first-order valence-electron chi connectivity index (χ1n) is 9.80. The van der Waals surface area contributed by atoms with Crippen LogP contribution in [0, 0.1) is 0 Å². The van der Waals surface area contributed by atoms with Crippen LogP contribution in [0.25, 0.3) is 5.57 Å². The maximum Gasteiger partial charge on any atom is 0.278 e. The lowest BCUT2D eigenvalue weighted by molar-refractivity contribution is -0.137. The van der Waals surface area contributed by atoms with Crippen molar-refractivity contribution in [3.05, 3.63) is 95.7 Å². The van der Waals surface area contributed by atoms with Gasteiger partial charge in [-0.05, 0) is 47.5 Å². The molecule has 0 atom stereocenters. The molecule has 0 saturated carbocycles. The zero-order valence-corrected chi connectivity index (χ0v) is 17.3. The first-order valence-corrected chi connectivity index (χ1v) is 9.80. The third kappa shape index (κ3) is 4.14. The summed E-state index contributed by atoms with van der Waals surface area (Å²) in [6.45, 7) is 0.200. The number of benzene rings is 3. The number of rotatable bonds is 7. The third-order valence-electron chi connectivity index (χ3n) is 5.09. The fourth-order valence-electron chi connectivity index (χ4n) is 3.45. The predicted octanol–water partition coefficient (Wildman–Crippen LogP) is 4.10. The Bertz CT molecular complexity index is 1120. The number of methoxy groups -OCH3 is 2. The summed E-state index contributed by atoms with van der Waals surface area (Å²) >= 11 is 0. The summed E-state index contributed by atoms with van der Waals surface area (Å²) in [6.07, 6.45) is 0. The van der Waals surface area contributed by atoms with Crippen molar-refractivity contribution in [3.63, 3.8) is 0 Å². The highest BCUT2D eigenvalue weighted by atomic mass is 16.5. The summed E-state index contributed by atoms with van der Waals surface area (Å²) in [7, 11) is 3.17. The zero-order chi connectivity index (χ0) is 21.8. The molecule has 6 heteroatoms. The van der Waals surface area contributed by atoms with E-state index in [1.54, 1.807) is 62.8 Å². The molecule has 0 radical (unpaired) electrons. The number of imide groups is 1. The fourth-order valence-corrected chi connectivity index (χ4v) is 3.45. The second-order valence-electron chi connectivity index (χ2n) is 7.01. The molecule has 31 heavy (non-hydrogen) atoms. The SMILES string of the molecule is COc1ccc(NC2=C(c3ccc(OC)cc3)C(=O)N(Cc3ccccc3)C2=O)cc1. The van der Waals surface area contributed by atoms with E-state index in [1.807, 2.05) is 30.3 Å². The van der Waals surface area contributed by atoms with Crippen molar-refractivity contribution in [3.8, 4) is 11.5 Å². The average Bonchev–Trinajstić information content (AvgIpc) is 3.04. The summed E-state index contributed by atoms with van der Waals surface area (Å²) in [6, 6.07) is 23.7. The van der Waals surface area contributed by atoms with Crippen molar-refractivity contribution in [2.24, 2.45) is 0 Å². The highest BCUT2D eigenvalue weighted by Crippen LogP contribution is 2.32. The van der Waals surface area contributed by atoms with Crippen molar-refractivity contribution in [2.75, 3.05) is 19.5 Å². The average molecular weight is 414 g/mol. The van der Waals surface area contributed by atoms with Gasteiger partial charge >= 0.3 is 0 Å². The van der Waals surface area contributed by atoms with Crippen LogP contribution in [0.3, 0.4) is 0 Å². The monoisotopic (exact) mass is 414 g/mol. The van der Waals surface area contributed by atoms with Crippen molar-refractivity contribution in [2.45, 2.75) is 6.54 Å². The highest BCUT2D eigenvalue weighted by Gasteiger charge is 2.39. The van der Waals surface area contributed by atoms with Gasteiger partial charge in [0.2, 0.25) is 0 Å². The van der Waals surface area contributed by atoms with Crippen LogP contribution < -0.4 is 14.8 Å². The first-order chi connectivity index (χ1) is 15.1. The van der Waals surface area contributed by atoms with Crippen LogP contribution in [0.1, 0.15) is 11.1 Å². The summed E-state index contributed by atoms with van der Waals surface area (Å²) in [4.78, 5) is 27.9. The van der Waals surface area contributed by atoms with E-state index >= 15 is 0 Å². The van der Waals surface area contributed by atoms with E-state index in [9.17, 15) is 9.59 Å². The number of hydrogen-bond donors (Lipinski definition) is 1. The summed E-state index contributed by atoms with van der Waals surface area (Å²) in [5, 5.41) is 3.15. The van der Waals surface area contributed by atoms with Gasteiger partial charge in [-0.3, -0.25) is 14.5 Å². The van der Waals surface area contributed by atoms with Crippen molar-refractivity contribution in [1.82, 2.24) is 4.90 Å². The van der Waals surface area contributed by atoms with Gasteiger partial charge in [0.1, 0.15) is 17.2 Å². The Morgan fingerprint density at radius 1 is 0.742 bits per heavy atom. The van der Waals surface area contributed by atoms with Crippen molar-refractivity contribution in [1.29, 1.82) is 0 Å².